The molecule has 3 heterocycles. The molecule has 1 fully saturated rings. The minimum Gasteiger partial charge on any atom is -0.394 e. The highest BCUT2D eigenvalue weighted by atomic mass is 16.5. The minimum atomic E-state index is 0.0916. The zero-order valence-corrected chi connectivity index (χ0v) is 12.2. The molecule has 2 aromatic rings. The van der Waals surface area contributed by atoms with Gasteiger partial charge in [0.15, 0.2) is 5.65 Å². The third-order valence-electron chi connectivity index (χ3n) is 4.00. The van der Waals surface area contributed by atoms with Gasteiger partial charge in [-0.25, -0.2) is 0 Å². The average molecular weight is 290 g/mol. The molecule has 114 valence electrons. The molecule has 0 aromatic carbocycles. The van der Waals surface area contributed by atoms with E-state index in [-0.39, 0.29) is 6.61 Å². The number of hydrogen-bond acceptors (Lipinski definition) is 5. The van der Waals surface area contributed by atoms with Gasteiger partial charge in [0, 0.05) is 25.2 Å². The fourth-order valence-electron chi connectivity index (χ4n) is 2.97. The second kappa shape index (κ2) is 6.98. The molecule has 0 radical (unpaired) electrons. The molecule has 0 amide bonds. The van der Waals surface area contributed by atoms with E-state index in [1.807, 2.05) is 24.4 Å². The van der Waals surface area contributed by atoms with Gasteiger partial charge in [0.2, 0.25) is 0 Å². The first-order chi connectivity index (χ1) is 10.4. The Kier molecular flexibility index (Phi) is 4.80. The Bertz CT molecular complexity index is 572. The molecule has 21 heavy (non-hydrogen) atoms. The summed E-state index contributed by atoms with van der Waals surface area (Å²) in [4.78, 5) is 2.41. The van der Waals surface area contributed by atoms with Crippen LogP contribution in [0.15, 0.2) is 24.4 Å². The zero-order valence-electron chi connectivity index (χ0n) is 12.2. The summed E-state index contributed by atoms with van der Waals surface area (Å²) >= 11 is 0. The van der Waals surface area contributed by atoms with Crippen molar-refractivity contribution >= 4 is 5.65 Å². The number of piperidine rings is 1. The predicted octanol–water partition coefficient (Wildman–Crippen LogP) is 0.918. The molecule has 1 aliphatic heterocycles. The molecule has 0 spiro atoms. The van der Waals surface area contributed by atoms with Crippen molar-refractivity contribution in [1.82, 2.24) is 19.5 Å². The van der Waals surface area contributed by atoms with E-state index in [4.69, 9.17) is 9.84 Å². The zero-order chi connectivity index (χ0) is 14.5. The van der Waals surface area contributed by atoms with E-state index in [1.165, 1.54) is 6.42 Å². The van der Waals surface area contributed by atoms with Crippen molar-refractivity contribution < 1.29 is 9.84 Å². The first-order valence-corrected chi connectivity index (χ1v) is 7.59. The first-order valence-electron chi connectivity index (χ1n) is 7.59. The Morgan fingerprint density at radius 2 is 2.24 bits per heavy atom. The number of hydrogen-bond donors (Lipinski definition) is 1. The van der Waals surface area contributed by atoms with Crippen LogP contribution in [-0.4, -0.2) is 64.1 Å². The van der Waals surface area contributed by atoms with Crippen molar-refractivity contribution in [3.8, 4) is 0 Å². The maximum Gasteiger partial charge on any atom is 0.160 e. The highest BCUT2D eigenvalue weighted by molar-refractivity contribution is 5.37. The number of nitrogens with zero attached hydrogens (tertiary/aromatic N) is 4. The van der Waals surface area contributed by atoms with Crippen LogP contribution in [-0.2, 0) is 4.74 Å². The summed E-state index contributed by atoms with van der Waals surface area (Å²) in [7, 11) is 0. The van der Waals surface area contributed by atoms with Crippen molar-refractivity contribution in [1.29, 1.82) is 0 Å². The number of rotatable bonds is 6. The number of fused-ring (bicyclic) bond motifs is 1. The van der Waals surface area contributed by atoms with Gasteiger partial charge in [-0.05, 0) is 31.5 Å². The van der Waals surface area contributed by atoms with Gasteiger partial charge >= 0.3 is 0 Å². The molecule has 6 nitrogen and oxygen atoms in total. The molecule has 3 rings (SSSR count). The van der Waals surface area contributed by atoms with E-state index < -0.39 is 0 Å². The van der Waals surface area contributed by atoms with E-state index in [0.29, 0.717) is 19.1 Å². The second-order valence-electron chi connectivity index (χ2n) is 5.46. The average Bonchev–Trinajstić information content (AvgIpc) is 2.96. The summed E-state index contributed by atoms with van der Waals surface area (Å²) in [6, 6.07) is 5.99. The van der Waals surface area contributed by atoms with Crippen LogP contribution in [0.4, 0.5) is 0 Å². The van der Waals surface area contributed by atoms with Gasteiger partial charge in [-0.3, -0.25) is 4.40 Å². The third kappa shape index (κ3) is 3.40. The molecule has 1 atom stereocenters. The Balaban J connectivity index is 1.63. The molecule has 1 saturated heterocycles. The Morgan fingerprint density at radius 1 is 1.29 bits per heavy atom. The van der Waals surface area contributed by atoms with Gasteiger partial charge in [0.25, 0.3) is 0 Å². The van der Waals surface area contributed by atoms with Crippen molar-refractivity contribution in [3.63, 3.8) is 0 Å². The Hall–Kier alpha value is -1.50. The van der Waals surface area contributed by atoms with Crippen LogP contribution in [0.1, 0.15) is 24.6 Å². The van der Waals surface area contributed by atoms with Gasteiger partial charge in [-0.15, -0.1) is 10.2 Å². The van der Waals surface area contributed by atoms with Crippen molar-refractivity contribution in [2.24, 2.45) is 0 Å². The normalized spacial score (nSPS) is 20.1. The highest BCUT2D eigenvalue weighted by Crippen LogP contribution is 2.25. The van der Waals surface area contributed by atoms with Gasteiger partial charge in [-0.2, -0.15) is 0 Å². The first kappa shape index (κ1) is 14.4. The van der Waals surface area contributed by atoms with Crippen molar-refractivity contribution in [2.45, 2.75) is 18.8 Å². The molecular weight excluding hydrogens is 268 g/mol. The van der Waals surface area contributed by atoms with Crippen LogP contribution in [0, 0.1) is 0 Å². The van der Waals surface area contributed by atoms with Crippen LogP contribution in [0.25, 0.3) is 5.65 Å². The number of aromatic nitrogens is 3. The van der Waals surface area contributed by atoms with Gasteiger partial charge < -0.3 is 14.7 Å². The molecular formula is C15H22N4O2. The number of aliphatic hydroxyl groups excluding tert-OH is 1. The van der Waals surface area contributed by atoms with Crippen LogP contribution in [0.3, 0.4) is 0 Å². The molecule has 0 aliphatic carbocycles. The summed E-state index contributed by atoms with van der Waals surface area (Å²) < 4.78 is 7.45. The van der Waals surface area contributed by atoms with Gasteiger partial charge in [0.1, 0.15) is 5.82 Å². The summed E-state index contributed by atoms with van der Waals surface area (Å²) in [6.45, 7) is 4.20. The van der Waals surface area contributed by atoms with Gasteiger partial charge in [-0.1, -0.05) is 6.07 Å². The summed E-state index contributed by atoms with van der Waals surface area (Å²) in [5, 5.41) is 17.3. The molecule has 2 aromatic heterocycles. The lowest BCUT2D eigenvalue weighted by atomic mass is 9.97. The maximum atomic E-state index is 8.71. The van der Waals surface area contributed by atoms with Crippen LogP contribution in [0.2, 0.25) is 0 Å². The van der Waals surface area contributed by atoms with E-state index in [0.717, 1.165) is 37.5 Å². The fraction of sp³-hybridized carbons (Fsp3) is 0.600. The maximum absolute atomic E-state index is 8.71. The second-order valence-corrected chi connectivity index (χ2v) is 5.46. The smallest absolute Gasteiger partial charge is 0.160 e. The summed E-state index contributed by atoms with van der Waals surface area (Å²) in [5.74, 6) is 1.49. The monoisotopic (exact) mass is 290 g/mol. The lowest BCUT2D eigenvalue weighted by molar-refractivity contribution is 0.0668. The predicted molar refractivity (Wildman–Crippen MR) is 79.3 cm³/mol. The van der Waals surface area contributed by atoms with Gasteiger partial charge in [0.05, 0.1) is 19.8 Å². The van der Waals surface area contributed by atoms with E-state index in [9.17, 15) is 0 Å². The fourth-order valence-corrected chi connectivity index (χ4v) is 2.97. The largest absolute Gasteiger partial charge is 0.394 e. The Morgan fingerprint density at radius 3 is 3.14 bits per heavy atom. The highest BCUT2D eigenvalue weighted by Gasteiger charge is 2.24. The lowest BCUT2D eigenvalue weighted by Gasteiger charge is -2.31. The molecule has 1 N–H and O–H groups in total. The Labute approximate surface area is 124 Å². The van der Waals surface area contributed by atoms with Crippen LogP contribution >= 0.6 is 0 Å². The quantitative estimate of drug-likeness (QED) is 0.802. The topological polar surface area (TPSA) is 62.9 Å². The van der Waals surface area contributed by atoms with E-state index >= 15 is 0 Å². The molecule has 1 aliphatic rings. The molecule has 1 unspecified atom stereocenters. The minimum absolute atomic E-state index is 0.0916. The van der Waals surface area contributed by atoms with E-state index in [2.05, 4.69) is 19.5 Å². The molecule has 0 saturated carbocycles. The number of likely N-dealkylation sites (tertiary alicyclic amines) is 1. The number of aliphatic hydroxyl groups is 1. The standard InChI is InChI=1S/C15H22N4O2/c20-9-11-21-10-8-18-6-3-4-13(12-18)15-17-16-14-5-1-2-7-19(14)15/h1-2,5,7,13,20H,3-4,6,8-12H2. The SMILES string of the molecule is OCCOCCN1CCCC(c2nnc3ccccn23)C1. The van der Waals surface area contributed by atoms with Crippen LogP contribution in [0.5, 0.6) is 0 Å². The van der Waals surface area contributed by atoms with Crippen molar-refractivity contribution in [3.05, 3.63) is 30.2 Å². The third-order valence-corrected chi connectivity index (χ3v) is 4.00. The number of ether oxygens (including phenoxy) is 1. The molecule has 6 heteroatoms. The van der Waals surface area contributed by atoms with Crippen molar-refractivity contribution in [2.75, 3.05) is 39.5 Å². The number of pyridine rings is 1. The summed E-state index contributed by atoms with van der Waals surface area (Å²) in [5.41, 5.74) is 0.913. The van der Waals surface area contributed by atoms with Crippen LogP contribution < -0.4 is 0 Å². The summed E-state index contributed by atoms with van der Waals surface area (Å²) in [6.07, 6.45) is 4.37. The van der Waals surface area contributed by atoms with E-state index in [1.54, 1.807) is 0 Å². The lowest BCUT2D eigenvalue weighted by Crippen LogP contribution is -2.37. The molecule has 0 bridgehead atoms.